The SMILES string of the molecule is CCC1CCC(c2noc(-c3ccc(N)cc3F)n2)CC1. The van der Waals surface area contributed by atoms with Gasteiger partial charge >= 0.3 is 0 Å². The standard InChI is InChI=1S/C16H20FN3O/c1-2-10-3-5-11(6-4-10)15-19-16(21-20-15)13-8-7-12(18)9-14(13)17/h7-11H,2-6,18H2,1H3. The summed E-state index contributed by atoms with van der Waals surface area (Å²) in [5.41, 5.74) is 6.24. The highest BCUT2D eigenvalue weighted by Crippen LogP contribution is 2.36. The third-order valence-electron chi connectivity index (χ3n) is 4.45. The smallest absolute Gasteiger partial charge is 0.260 e. The van der Waals surface area contributed by atoms with Crippen LogP contribution in [-0.4, -0.2) is 10.1 Å². The monoisotopic (exact) mass is 289 g/mol. The zero-order valence-corrected chi connectivity index (χ0v) is 12.2. The highest BCUT2D eigenvalue weighted by molar-refractivity contribution is 5.58. The Bertz CT molecular complexity index is 618. The number of anilines is 1. The van der Waals surface area contributed by atoms with E-state index in [0.29, 0.717) is 23.0 Å². The first-order chi connectivity index (χ1) is 10.2. The fourth-order valence-corrected chi connectivity index (χ4v) is 3.04. The molecule has 0 spiro atoms. The van der Waals surface area contributed by atoms with Gasteiger partial charge in [0.25, 0.3) is 5.89 Å². The number of hydrogen-bond donors (Lipinski definition) is 1. The van der Waals surface area contributed by atoms with Crippen LogP contribution in [0.15, 0.2) is 22.7 Å². The Hall–Kier alpha value is -1.91. The molecule has 3 rings (SSSR count). The molecule has 21 heavy (non-hydrogen) atoms. The van der Waals surface area contributed by atoms with E-state index in [0.717, 1.165) is 18.8 Å². The number of nitrogens with zero attached hydrogens (tertiary/aromatic N) is 2. The van der Waals surface area contributed by atoms with Crippen LogP contribution in [0.3, 0.4) is 0 Å². The van der Waals surface area contributed by atoms with Gasteiger partial charge in [0.1, 0.15) is 5.82 Å². The molecule has 0 unspecified atom stereocenters. The maximum atomic E-state index is 13.9. The van der Waals surface area contributed by atoms with Crippen molar-refractivity contribution in [1.29, 1.82) is 0 Å². The molecule has 1 heterocycles. The lowest BCUT2D eigenvalue weighted by Crippen LogP contribution is -2.13. The third-order valence-corrected chi connectivity index (χ3v) is 4.45. The summed E-state index contributed by atoms with van der Waals surface area (Å²) in [6, 6.07) is 4.48. The molecule has 2 aromatic rings. The van der Waals surface area contributed by atoms with Gasteiger partial charge in [0.05, 0.1) is 5.56 Å². The van der Waals surface area contributed by atoms with Crippen LogP contribution in [0.1, 0.15) is 50.8 Å². The van der Waals surface area contributed by atoms with Gasteiger partial charge in [0, 0.05) is 11.6 Å². The van der Waals surface area contributed by atoms with E-state index >= 15 is 0 Å². The summed E-state index contributed by atoms with van der Waals surface area (Å²) in [7, 11) is 0. The van der Waals surface area contributed by atoms with Crippen molar-refractivity contribution in [3.63, 3.8) is 0 Å². The minimum absolute atomic E-state index is 0.236. The maximum absolute atomic E-state index is 13.9. The second-order valence-electron chi connectivity index (χ2n) is 5.82. The zero-order chi connectivity index (χ0) is 14.8. The molecule has 2 N–H and O–H groups in total. The van der Waals surface area contributed by atoms with Crippen LogP contribution in [0.5, 0.6) is 0 Å². The molecule has 0 amide bonds. The van der Waals surface area contributed by atoms with E-state index < -0.39 is 5.82 Å². The van der Waals surface area contributed by atoms with Crippen molar-refractivity contribution in [3.8, 4) is 11.5 Å². The van der Waals surface area contributed by atoms with Gasteiger partial charge < -0.3 is 10.3 Å². The molecule has 1 saturated carbocycles. The molecular weight excluding hydrogens is 269 g/mol. The first kappa shape index (κ1) is 14.0. The molecule has 1 aliphatic rings. The summed E-state index contributed by atoms with van der Waals surface area (Å²) in [5.74, 6) is 1.67. The molecule has 4 nitrogen and oxygen atoms in total. The summed E-state index contributed by atoms with van der Waals surface area (Å²) in [5, 5.41) is 4.05. The molecular formula is C16H20FN3O. The zero-order valence-electron chi connectivity index (χ0n) is 12.2. The number of hydrogen-bond acceptors (Lipinski definition) is 4. The van der Waals surface area contributed by atoms with Crippen molar-refractivity contribution in [2.75, 3.05) is 5.73 Å². The van der Waals surface area contributed by atoms with Crippen molar-refractivity contribution in [2.45, 2.75) is 44.9 Å². The topological polar surface area (TPSA) is 64.9 Å². The summed E-state index contributed by atoms with van der Waals surface area (Å²) < 4.78 is 19.1. The highest BCUT2D eigenvalue weighted by Gasteiger charge is 2.25. The van der Waals surface area contributed by atoms with Crippen molar-refractivity contribution in [2.24, 2.45) is 5.92 Å². The van der Waals surface area contributed by atoms with E-state index in [1.807, 2.05) is 0 Å². The Balaban J connectivity index is 1.77. The van der Waals surface area contributed by atoms with E-state index in [4.69, 9.17) is 10.3 Å². The van der Waals surface area contributed by atoms with Crippen LogP contribution >= 0.6 is 0 Å². The van der Waals surface area contributed by atoms with Gasteiger partial charge in [-0.25, -0.2) is 4.39 Å². The van der Waals surface area contributed by atoms with Crippen molar-refractivity contribution >= 4 is 5.69 Å². The van der Waals surface area contributed by atoms with Crippen molar-refractivity contribution in [3.05, 3.63) is 29.8 Å². The molecule has 1 aromatic heterocycles. The minimum Gasteiger partial charge on any atom is -0.399 e. The summed E-state index contributed by atoms with van der Waals surface area (Å²) >= 11 is 0. The van der Waals surface area contributed by atoms with E-state index in [2.05, 4.69) is 17.1 Å². The molecule has 0 atom stereocenters. The largest absolute Gasteiger partial charge is 0.399 e. The molecule has 112 valence electrons. The molecule has 1 fully saturated rings. The fraction of sp³-hybridized carbons (Fsp3) is 0.500. The number of halogens is 1. The average Bonchev–Trinajstić information content (AvgIpc) is 2.97. The van der Waals surface area contributed by atoms with E-state index in [1.165, 1.54) is 25.3 Å². The maximum Gasteiger partial charge on any atom is 0.260 e. The number of nitrogens with two attached hydrogens (primary N) is 1. The van der Waals surface area contributed by atoms with Crippen LogP contribution in [0.25, 0.3) is 11.5 Å². The first-order valence-corrected chi connectivity index (χ1v) is 7.56. The molecule has 0 saturated heterocycles. The second kappa shape index (κ2) is 5.84. The van der Waals surface area contributed by atoms with E-state index in [1.54, 1.807) is 12.1 Å². The lowest BCUT2D eigenvalue weighted by Gasteiger charge is -2.25. The van der Waals surface area contributed by atoms with Crippen LogP contribution in [0, 0.1) is 11.7 Å². The Morgan fingerprint density at radius 1 is 1.29 bits per heavy atom. The van der Waals surface area contributed by atoms with Gasteiger partial charge in [-0.1, -0.05) is 18.5 Å². The van der Waals surface area contributed by atoms with Gasteiger partial charge in [0.15, 0.2) is 5.82 Å². The molecule has 1 aromatic carbocycles. The number of aromatic nitrogens is 2. The molecule has 0 bridgehead atoms. The number of benzene rings is 1. The first-order valence-electron chi connectivity index (χ1n) is 7.56. The lowest BCUT2D eigenvalue weighted by molar-refractivity contribution is 0.305. The molecule has 1 aliphatic carbocycles. The van der Waals surface area contributed by atoms with Crippen molar-refractivity contribution in [1.82, 2.24) is 10.1 Å². The molecule has 5 heteroatoms. The molecule has 0 aliphatic heterocycles. The highest BCUT2D eigenvalue weighted by atomic mass is 19.1. The van der Waals surface area contributed by atoms with Crippen LogP contribution in [0.4, 0.5) is 10.1 Å². The summed E-state index contributed by atoms with van der Waals surface area (Å²) in [6.07, 6.45) is 5.83. The minimum atomic E-state index is -0.431. The van der Waals surface area contributed by atoms with Gasteiger partial charge in [0.2, 0.25) is 0 Å². The Morgan fingerprint density at radius 2 is 2.05 bits per heavy atom. The van der Waals surface area contributed by atoms with Crippen LogP contribution in [0.2, 0.25) is 0 Å². The fourth-order valence-electron chi connectivity index (χ4n) is 3.04. The second-order valence-corrected chi connectivity index (χ2v) is 5.82. The summed E-state index contributed by atoms with van der Waals surface area (Å²) in [6.45, 7) is 2.24. The van der Waals surface area contributed by atoms with E-state index in [9.17, 15) is 4.39 Å². The number of nitrogen functional groups attached to an aromatic ring is 1. The van der Waals surface area contributed by atoms with Gasteiger partial charge in [-0.3, -0.25) is 0 Å². The quantitative estimate of drug-likeness (QED) is 0.862. The average molecular weight is 289 g/mol. The normalized spacial score (nSPS) is 22.4. The predicted molar refractivity (Wildman–Crippen MR) is 79.1 cm³/mol. The van der Waals surface area contributed by atoms with Gasteiger partial charge in [-0.05, 0) is 49.8 Å². The third kappa shape index (κ3) is 2.91. The van der Waals surface area contributed by atoms with Gasteiger partial charge in [-0.15, -0.1) is 0 Å². The van der Waals surface area contributed by atoms with Crippen LogP contribution in [-0.2, 0) is 0 Å². The van der Waals surface area contributed by atoms with Gasteiger partial charge in [-0.2, -0.15) is 4.98 Å². The number of rotatable bonds is 3. The molecule has 0 radical (unpaired) electrons. The summed E-state index contributed by atoms with van der Waals surface area (Å²) in [4.78, 5) is 4.39. The lowest BCUT2D eigenvalue weighted by atomic mass is 9.80. The Morgan fingerprint density at radius 3 is 2.71 bits per heavy atom. The van der Waals surface area contributed by atoms with E-state index in [-0.39, 0.29) is 5.89 Å². The predicted octanol–water partition coefficient (Wildman–Crippen LogP) is 4.14. The van der Waals surface area contributed by atoms with Crippen LogP contribution < -0.4 is 5.73 Å². The Labute approximate surface area is 123 Å². The van der Waals surface area contributed by atoms with Crippen molar-refractivity contribution < 1.29 is 8.91 Å². The Kier molecular flexibility index (Phi) is 3.90.